The van der Waals surface area contributed by atoms with Crippen molar-refractivity contribution >= 4 is 27.5 Å². The monoisotopic (exact) mass is 329 g/mol. The highest BCUT2D eigenvalue weighted by Crippen LogP contribution is 2.48. The van der Waals surface area contributed by atoms with Crippen LogP contribution in [0.3, 0.4) is 0 Å². The van der Waals surface area contributed by atoms with Crippen LogP contribution in [0.25, 0.3) is 0 Å². The second-order valence-electron chi connectivity index (χ2n) is 5.31. The predicted molar refractivity (Wildman–Crippen MR) is 84.8 cm³/mol. The Balaban J connectivity index is 1.68. The number of carbonyl (C=O) groups is 1. The number of aryl methyl sites for hydroxylation is 1. The van der Waals surface area contributed by atoms with E-state index in [9.17, 15) is 4.79 Å². The van der Waals surface area contributed by atoms with Gasteiger partial charge in [0, 0.05) is 16.1 Å². The third kappa shape index (κ3) is 2.78. The SMILES string of the molecule is Cc1ccc(Br)cc1NC(=O)C1CC1c1ccccc1. The highest BCUT2D eigenvalue weighted by atomic mass is 79.9. The van der Waals surface area contributed by atoms with Crippen molar-refractivity contribution < 1.29 is 4.79 Å². The number of halogens is 1. The Morgan fingerprint density at radius 3 is 2.70 bits per heavy atom. The van der Waals surface area contributed by atoms with Crippen molar-refractivity contribution in [3.05, 3.63) is 64.1 Å². The molecule has 2 unspecified atom stereocenters. The molecule has 1 aliphatic carbocycles. The van der Waals surface area contributed by atoms with E-state index in [2.05, 4.69) is 33.4 Å². The molecule has 2 aromatic carbocycles. The molecule has 102 valence electrons. The maximum absolute atomic E-state index is 12.3. The molecule has 3 rings (SSSR count). The topological polar surface area (TPSA) is 29.1 Å². The van der Waals surface area contributed by atoms with E-state index in [0.29, 0.717) is 5.92 Å². The average Bonchev–Trinajstić information content (AvgIpc) is 3.24. The van der Waals surface area contributed by atoms with Gasteiger partial charge in [0.2, 0.25) is 5.91 Å². The summed E-state index contributed by atoms with van der Waals surface area (Å²) in [5, 5.41) is 3.04. The molecular formula is C17H16BrNO. The Hall–Kier alpha value is -1.61. The van der Waals surface area contributed by atoms with E-state index in [1.54, 1.807) is 0 Å². The molecule has 2 nitrogen and oxygen atoms in total. The quantitative estimate of drug-likeness (QED) is 0.882. The van der Waals surface area contributed by atoms with Gasteiger partial charge in [0.15, 0.2) is 0 Å². The molecule has 0 saturated heterocycles. The summed E-state index contributed by atoms with van der Waals surface area (Å²) in [7, 11) is 0. The smallest absolute Gasteiger partial charge is 0.228 e. The average molecular weight is 330 g/mol. The maximum Gasteiger partial charge on any atom is 0.228 e. The van der Waals surface area contributed by atoms with Crippen LogP contribution in [0.4, 0.5) is 5.69 Å². The first-order valence-corrected chi connectivity index (χ1v) is 7.56. The molecule has 0 spiro atoms. The molecule has 2 aromatic rings. The fraction of sp³-hybridized carbons (Fsp3) is 0.235. The lowest BCUT2D eigenvalue weighted by molar-refractivity contribution is -0.117. The van der Waals surface area contributed by atoms with E-state index < -0.39 is 0 Å². The van der Waals surface area contributed by atoms with Gasteiger partial charge in [-0.25, -0.2) is 0 Å². The molecule has 0 aromatic heterocycles. The van der Waals surface area contributed by atoms with Gasteiger partial charge in [-0.1, -0.05) is 52.3 Å². The summed E-state index contributed by atoms with van der Waals surface area (Å²) < 4.78 is 0.980. The van der Waals surface area contributed by atoms with Crippen LogP contribution in [0.2, 0.25) is 0 Å². The highest BCUT2D eigenvalue weighted by Gasteiger charge is 2.43. The third-order valence-electron chi connectivity index (χ3n) is 3.81. The molecule has 3 heteroatoms. The van der Waals surface area contributed by atoms with Crippen LogP contribution >= 0.6 is 15.9 Å². The number of benzene rings is 2. The van der Waals surface area contributed by atoms with E-state index in [0.717, 1.165) is 22.1 Å². The van der Waals surface area contributed by atoms with Gasteiger partial charge in [0.25, 0.3) is 0 Å². The maximum atomic E-state index is 12.3. The number of hydrogen-bond donors (Lipinski definition) is 1. The van der Waals surface area contributed by atoms with Crippen molar-refractivity contribution in [2.75, 3.05) is 5.32 Å². The van der Waals surface area contributed by atoms with Gasteiger partial charge < -0.3 is 5.32 Å². The molecule has 0 bridgehead atoms. The summed E-state index contributed by atoms with van der Waals surface area (Å²) in [5.74, 6) is 0.611. The lowest BCUT2D eigenvalue weighted by atomic mass is 10.1. The summed E-state index contributed by atoms with van der Waals surface area (Å²) in [6.07, 6.45) is 0.947. The van der Waals surface area contributed by atoms with Gasteiger partial charge >= 0.3 is 0 Å². The Labute approximate surface area is 127 Å². The van der Waals surface area contributed by atoms with Crippen molar-refractivity contribution in [2.45, 2.75) is 19.3 Å². The Morgan fingerprint density at radius 2 is 1.95 bits per heavy atom. The van der Waals surface area contributed by atoms with Gasteiger partial charge in [-0.15, -0.1) is 0 Å². The molecule has 1 saturated carbocycles. The highest BCUT2D eigenvalue weighted by molar-refractivity contribution is 9.10. The second-order valence-corrected chi connectivity index (χ2v) is 6.22. The predicted octanol–water partition coefficient (Wildman–Crippen LogP) is 4.50. The van der Waals surface area contributed by atoms with Crippen LogP contribution in [-0.4, -0.2) is 5.91 Å². The van der Waals surface area contributed by atoms with E-state index in [4.69, 9.17) is 0 Å². The van der Waals surface area contributed by atoms with Crippen LogP contribution in [0, 0.1) is 12.8 Å². The molecule has 20 heavy (non-hydrogen) atoms. The minimum absolute atomic E-state index is 0.107. The van der Waals surface area contributed by atoms with Gasteiger partial charge in [-0.05, 0) is 42.5 Å². The molecule has 2 atom stereocenters. The Kier molecular flexibility index (Phi) is 3.62. The number of carbonyl (C=O) groups excluding carboxylic acids is 1. The minimum Gasteiger partial charge on any atom is -0.326 e. The van der Waals surface area contributed by atoms with Crippen molar-refractivity contribution in [1.29, 1.82) is 0 Å². The summed E-state index contributed by atoms with van der Waals surface area (Å²) in [4.78, 5) is 12.3. The first-order valence-electron chi connectivity index (χ1n) is 6.77. The van der Waals surface area contributed by atoms with E-state index in [1.165, 1.54) is 5.56 Å². The second kappa shape index (κ2) is 5.41. The van der Waals surface area contributed by atoms with Gasteiger partial charge in [0.05, 0.1) is 0 Å². The van der Waals surface area contributed by atoms with Crippen LogP contribution in [0.1, 0.15) is 23.5 Å². The molecule has 0 heterocycles. The lowest BCUT2D eigenvalue weighted by Crippen LogP contribution is -2.15. The molecule has 1 N–H and O–H groups in total. The fourth-order valence-corrected chi connectivity index (χ4v) is 2.87. The van der Waals surface area contributed by atoms with Crippen LogP contribution < -0.4 is 5.32 Å². The molecule has 0 radical (unpaired) electrons. The minimum atomic E-state index is 0.107. The normalized spacial score (nSPS) is 20.5. The third-order valence-corrected chi connectivity index (χ3v) is 4.31. The van der Waals surface area contributed by atoms with Crippen molar-refractivity contribution in [3.8, 4) is 0 Å². The first-order chi connectivity index (χ1) is 9.65. The standard InChI is InChI=1S/C17H16BrNO/c1-11-7-8-13(18)9-16(11)19-17(20)15-10-14(15)12-5-3-2-4-6-12/h2-9,14-15H,10H2,1H3,(H,19,20). The van der Waals surface area contributed by atoms with Crippen LogP contribution in [0.5, 0.6) is 0 Å². The zero-order chi connectivity index (χ0) is 14.1. The fourth-order valence-electron chi connectivity index (χ4n) is 2.51. The van der Waals surface area contributed by atoms with Crippen molar-refractivity contribution in [1.82, 2.24) is 0 Å². The first kappa shape index (κ1) is 13.4. The summed E-state index contributed by atoms with van der Waals surface area (Å²) in [6, 6.07) is 16.2. The largest absolute Gasteiger partial charge is 0.326 e. The molecular weight excluding hydrogens is 314 g/mol. The van der Waals surface area contributed by atoms with E-state index >= 15 is 0 Å². The number of amides is 1. The molecule has 1 fully saturated rings. The molecule has 1 aliphatic rings. The zero-order valence-corrected chi connectivity index (χ0v) is 12.9. The van der Waals surface area contributed by atoms with Gasteiger partial charge in [0.1, 0.15) is 0 Å². The van der Waals surface area contributed by atoms with E-state index in [-0.39, 0.29) is 11.8 Å². The number of hydrogen-bond acceptors (Lipinski definition) is 1. The van der Waals surface area contributed by atoms with Gasteiger partial charge in [-0.3, -0.25) is 4.79 Å². The number of rotatable bonds is 3. The van der Waals surface area contributed by atoms with Crippen molar-refractivity contribution in [2.24, 2.45) is 5.92 Å². The molecule has 1 amide bonds. The summed E-state index contributed by atoms with van der Waals surface area (Å²) >= 11 is 3.44. The van der Waals surface area contributed by atoms with Crippen LogP contribution in [-0.2, 0) is 4.79 Å². The number of anilines is 1. The van der Waals surface area contributed by atoms with E-state index in [1.807, 2.05) is 43.3 Å². The van der Waals surface area contributed by atoms with Crippen LogP contribution in [0.15, 0.2) is 53.0 Å². The number of nitrogens with one attached hydrogen (secondary N) is 1. The zero-order valence-electron chi connectivity index (χ0n) is 11.3. The van der Waals surface area contributed by atoms with Crippen molar-refractivity contribution in [3.63, 3.8) is 0 Å². The Morgan fingerprint density at radius 1 is 1.20 bits per heavy atom. The lowest BCUT2D eigenvalue weighted by Gasteiger charge is -2.09. The summed E-state index contributed by atoms with van der Waals surface area (Å²) in [5.41, 5.74) is 3.24. The van der Waals surface area contributed by atoms with Gasteiger partial charge in [-0.2, -0.15) is 0 Å². The summed E-state index contributed by atoms with van der Waals surface area (Å²) in [6.45, 7) is 2.00. The molecule has 0 aliphatic heterocycles. The Bertz CT molecular complexity index is 639.